The second kappa shape index (κ2) is 7.31. The SMILES string of the molecule is Cc1cc(C(N)=S)ccc1S(=O)(=O)N(C)CCOC(C)C. The molecule has 0 heterocycles. The lowest BCUT2D eigenvalue weighted by Crippen LogP contribution is -2.31. The number of likely N-dealkylation sites (N-methyl/N-ethyl adjacent to an activating group) is 1. The molecular formula is C14H22N2O3S2. The van der Waals surface area contributed by atoms with E-state index in [1.54, 1.807) is 32.2 Å². The average Bonchev–Trinajstić information content (AvgIpc) is 2.37. The van der Waals surface area contributed by atoms with E-state index in [0.717, 1.165) is 0 Å². The van der Waals surface area contributed by atoms with Gasteiger partial charge in [-0.05, 0) is 38.5 Å². The van der Waals surface area contributed by atoms with Gasteiger partial charge in [-0.15, -0.1) is 0 Å². The molecule has 5 nitrogen and oxygen atoms in total. The predicted molar refractivity (Wildman–Crippen MR) is 88.0 cm³/mol. The van der Waals surface area contributed by atoms with E-state index in [2.05, 4.69) is 0 Å². The van der Waals surface area contributed by atoms with Gasteiger partial charge in [0.2, 0.25) is 10.0 Å². The summed E-state index contributed by atoms with van der Waals surface area (Å²) in [4.78, 5) is 0.510. The van der Waals surface area contributed by atoms with Gasteiger partial charge in [0.1, 0.15) is 4.99 Å². The molecule has 21 heavy (non-hydrogen) atoms. The van der Waals surface area contributed by atoms with Gasteiger partial charge in [-0.2, -0.15) is 4.31 Å². The number of rotatable bonds is 7. The molecule has 0 amide bonds. The zero-order valence-electron chi connectivity index (χ0n) is 12.8. The molecule has 2 N–H and O–H groups in total. The highest BCUT2D eigenvalue weighted by atomic mass is 32.2. The first-order valence-corrected chi connectivity index (χ1v) is 8.49. The fourth-order valence-corrected chi connectivity index (χ4v) is 3.28. The Morgan fingerprint density at radius 3 is 2.52 bits per heavy atom. The first-order valence-electron chi connectivity index (χ1n) is 6.64. The Bertz CT molecular complexity index is 613. The highest BCUT2D eigenvalue weighted by Gasteiger charge is 2.22. The number of aryl methyl sites for hydroxylation is 1. The minimum atomic E-state index is -3.54. The average molecular weight is 330 g/mol. The highest BCUT2D eigenvalue weighted by molar-refractivity contribution is 7.89. The molecule has 0 saturated heterocycles. The summed E-state index contributed by atoms with van der Waals surface area (Å²) >= 11 is 4.89. The Morgan fingerprint density at radius 2 is 2.05 bits per heavy atom. The smallest absolute Gasteiger partial charge is 0.243 e. The van der Waals surface area contributed by atoms with Gasteiger partial charge in [-0.25, -0.2) is 8.42 Å². The molecule has 118 valence electrons. The lowest BCUT2D eigenvalue weighted by molar-refractivity contribution is 0.0737. The number of hydrogen-bond acceptors (Lipinski definition) is 4. The first-order chi connectivity index (χ1) is 9.66. The molecule has 0 aliphatic rings. The molecule has 0 bridgehead atoms. The Balaban J connectivity index is 2.94. The fourth-order valence-electron chi connectivity index (χ4n) is 1.80. The van der Waals surface area contributed by atoms with Gasteiger partial charge < -0.3 is 10.5 Å². The third-order valence-corrected chi connectivity index (χ3v) is 5.26. The summed E-state index contributed by atoms with van der Waals surface area (Å²) in [5.74, 6) is 0. The van der Waals surface area contributed by atoms with Gasteiger partial charge in [-0.3, -0.25) is 0 Å². The van der Waals surface area contributed by atoms with E-state index < -0.39 is 10.0 Å². The number of ether oxygens (including phenoxy) is 1. The number of nitrogens with zero attached hydrogens (tertiary/aromatic N) is 1. The standard InChI is InChI=1S/C14H22N2O3S2/c1-10(2)19-8-7-16(4)21(17,18)13-6-5-12(14(15)20)9-11(13)3/h5-6,9-10H,7-8H2,1-4H3,(H2,15,20). The summed E-state index contributed by atoms with van der Waals surface area (Å²) in [5.41, 5.74) is 6.83. The molecule has 7 heteroatoms. The molecule has 0 atom stereocenters. The van der Waals surface area contributed by atoms with E-state index in [9.17, 15) is 8.42 Å². The van der Waals surface area contributed by atoms with Crippen molar-refractivity contribution in [3.05, 3.63) is 29.3 Å². The molecule has 1 aromatic carbocycles. The molecule has 0 radical (unpaired) electrons. The number of sulfonamides is 1. The summed E-state index contributed by atoms with van der Waals surface area (Å²) in [5, 5.41) is 0. The van der Waals surface area contributed by atoms with E-state index in [4.69, 9.17) is 22.7 Å². The molecule has 0 aliphatic carbocycles. The fraction of sp³-hybridized carbons (Fsp3) is 0.500. The van der Waals surface area contributed by atoms with Gasteiger partial charge >= 0.3 is 0 Å². The van der Waals surface area contributed by atoms with E-state index in [1.807, 2.05) is 13.8 Å². The summed E-state index contributed by atoms with van der Waals surface area (Å²) in [6, 6.07) is 4.85. The van der Waals surface area contributed by atoms with Crippen molar-refractivity contribution >= 4 is 27.2 Å². The number of hydrogen-bond donors (Lipinski definition) is 1. The Labute approximate surface area is 132 Å². The minimum absolute atomic E-state index is 0.0766. The molecule has 1 aromatic rings. The molecular weight excluding hydrogens is 308 g/mol. The molecule has 0 aromatic heterocycles. The van der Waals surface area contributed by atoms with Gasteiger partial charge in [0.05, 0.1) is 17.6 Å². The quantitative estimate of drug-likeness (QED) is 0.770. The molecule has 1 rings (SSSR count). The van der Waals surface area contributed by atoms with Crippen LogP contribution in [0, 0.1) is 6.92 Å². The van der Waals surface area contributed by atoms with Crippen molar-refractivity contribution in [3.8, 4) is 0 Å². The maximum atomic E-state index is 12.5. The van der Waals surface area contributed by atoms with Crippen LogP contribution in [-0.2, 0) is 14.8 Å². The van der Waals surface area contributed by atoms with E-state index in [-0.39, 0.29) is 16.0 Å². The zero-order chi connectivity index (χ0) is 16.2. The topological polar surface area (TPSA) is 72.6 Å². The van der Waals surface area contributed by atoms with Crippen LogP contribution in [0.3, 0.4) is 0 Å². The molecule has 0 spiro atoms. The lowest BCUT2D eigenvalue weighted by Gasteiger charge is -2.19. The molecule has 0 unspecified atom stereocenters. The van der Waals surface area contributed by atoms with Crippen LogP contribution in [-0.4, -0.2) is 44.0 Å². The Hall–Kier alpha value is -1.02. The Kier molecular flexibility index (Phi) is 6.27. The van der Waals surface area contributed by atoms with Crippen LogP contribution >= 0.6 is 12.2 Å². The van der Waals surface area contributed by atoms with Crippen LogP contribution in [0.25, 0.3) is 0 Å². The minimum Gasteiger partial charge on any atom is -0.389 e. The summed E-state index contributed by atoms with van der Waals surface area (Å²) in [7, 11) is -2.00. The van der Waals surface area contributed by atoms with Gasteiger partial charge in [0, 0.05) is 19.2 Å². The predicted octanol–water partition coefficient (Wildman–Crippen LogP) is 1.67. The maximum absolute atomic E-state index is 12.5. The molecule has 0 saturated carbocycles. The van der Waals surface area contributed by atoms with E-state index >= 15 is 0 Å². The van der Waals surface area contributed by atoms with Crippen molar-refractivity contribution in [1.82, 2.24) is 4.31 Å². The van der Waals surface area contributed by atoms with Gasteiger partial charge in [0.15, 0.2) is 0 Å². The zero-order valence-corrected chi connectivity index (χ0v) is 14.4. The summed E-state index contributed by atoms with van der Waals surface area (Å²) in [6.07, 6.45) is 0.0766. The van der Waals surface area contributed by atoms with Gasteiger partial charge in [0.25, 0.3) is 0 Å². The number of benzene rings is 1. The Morgan fingerprint density at radius 1 is 1.43 bits per heavy atom. The van der Waals surface area contributed by atoms with Crippen molar-refractivity contribution in [2.24, 2.45) is 5.73 Å². The van der Waals surface area contributed by atoms with E-state index in [0.29, 0.717) is 24.3 Å². The molecule has 0 fully saturated rings. The summed E-state index contributed by atoms with van der Waals surface area (Å²) in [6.45, 7) is 6.21. The van der Waals surface area contributed by atoms with Crippen molar-refractivity contribution in [2.45, 2.75) is 31.8 Å². The van der Waals surface area contributed by atoms with Crippen molar-refractivity contribution in [2.75, 3.05) is 20.2 Å². The lowest BCUT2D eigenvalue weighted by atomic mass is 10.1. The number of thiocarbonyl (C=S) groups is 1. The number of nitrogens with two attached hydrogens (primary N) is 1. The van der Waals surface area contributed by atoms with Crippen LogP contribution in [0.5, 0.6) is 0 Å². The first kappa shape index (κ1) is 18.0. The normalized spacial score (nSPS) is 12.1. The summed E-state index contributed by atoms with van der Waals surface area (Å²) < 4.78 is 31.7. The third-order valence-electron chi connectivity index (χ3n) is 3.01. The van der Waals surface area contributed by atoms with E-state index in [1.165, 1.54) is 4.31 Å². The second-order valence-corrected chi connectivity index (χ2v) is 7.54. The van der Waals surface area contributed by atoms with Crippen LogP contribution in [0.15, 0.2) is 23.1 Å². The van der Waals surface area contributed by atoms with Crippen molar-refractivity contribution in [1.29, 1.82) is 0 Å². The third kappa shape index (κ3) is 4.74. The van der Waals surface area contributed by atoms with Crippen LogP contribution < -0.4 is 5.73 Å². The largest absolute Gasteiger partial charge is 0.389 e. The highest BCUT2D eigenvalue weighted by Crippen LogP contribution is 2.20. The monoisotopic (exact) mass is 330 g/mol. The second-order valence-electron chi connectivity index (χ2n) is 5.09. The van der Waals surface area contributed by atoms with Gasteiger partial charge in [-0.1, -0.05) is 18.3 Å². The van der Waals surface area contributed by atoms with Crippen molar-refractivity contribution in [3.63, 3.8) is 0 Å². The van der Waals surface area contributed by atoms with Crippen molar-refractivity contribution < 1.29 is 13.2 Å². The molecule has 0 aliphatic heterocycles. The maximum Gasteiger partial charge on any atom is 0.243 e. The van der Waals surface area contributed by atoms with Crippen LogP contribution in [0.2, 0.25) is 0 Å². The van der Waals surface area contributed by atoms with Crippen LogP contribution in [0.1, 0.15) is 25.0 Å². The van der Waals surface area contributed by atoms with Crippen LogP contribution in [0.4, 0.5) is 0 Å².